The third-order valence-electron chi connectivity index (χ3n) is 5.20. The van der Waals surface area contributed by atoms with Crippen molar-refractivity contribution in [3.05, 3.63) is 53.6 Å². The number of ether oxygens (including phenoxy) is 2. The first-order valence-electron chi connectivity index (χ1n) is 9.72. The van der Waals surface area contributed by atoms with Gasteiger partial charge in [0.05, 0.1) is 14.2 Å². The van der Waals surface area contributed by atoms with Crippen LogP contribution in [0.1, 0.15) is 22.8 Å². The molecule has 10 nitrogen and oxygen atoms in total. The first kappa shape index (κ1) is 22.6. The number of anilines is 1. The van der Waals surface area contributed by atoms with Crippen LogP contribution in [0, 0.1) is 0 Å². The van der Waals surface area contributed by atoms with Crippen LogP contribution in [-0.2, 0) is 15.1 Å². The second-order valence-corrected chi connectivity index (χ2v) is 7.22. The minimum atomic E-state index is -1.37. The molecule has 1 saturated heterocycles. The van der Waals surface area contributed by atoms with Crippen LogP contribution in [0.25, 0.3) is 0 Å². The lowest BCUT2D eigenvalue weighted by Gasteiger charge is -2.23. The summed E-state index contributed by atoms with van der Waals surface area (Å²) >= 11 is 0. The van der Waals surface area contributed by atoms with E-state index < -0.39 is 29.9 Å². The number of urea groups is 1. The van der Waals surface area contributed by atoms with Crippen LogP contribution < -0.4 is 25.4 Å². The van der Waals surface area contributed by atoms with E-state index in [1.807, 2.05) is 0 Å². The zero-order valence-electron chi connectivity index (χ0n) is 18.1. The lowest BCUT2D eigenvalue weighted by molar-refractivity contribution is -0.133. The molecule has 0 unspecified atom stereocenters. The molecule has 168 valence electrons. The summed E-state index contributed by atoms with van der Waals surface area (Å²) in [7, 11) is 4.48. The lowest BCUT2D eigenvalue weighted by Crippen LogP contribution is -2.42. The summed E-state index contributed by atoms with van der Waals surface area (Å²) in [6.45, 7) is 1.09. The highest BCUT2D eigenvalue weighted by Crippen LogP contribution is 2.35. The van der Waals surface area contributed by atoms with Crippen LogP contribution >= 0.6 is 0 Å². The molecule has 32 heavy (non-hydrogen) atoms. The predicted octanol–water partition coefficient (Wildman–Crippen LogP) is 1.47. The molecule has 2 aromatic carbocycles. The first-order chi connectivity index (χ1) is 15.2. The number of nitrogens with one attached hydrogen (secondary N) is 3. The Balaban J connectivity index is 1.73. The van der Waals surface area contributed by atoms with E-state index in [0.717, 1.165) is 4.90 Å². The standard InChI is InChI=1S/C22H24N4O6/c1-22(14-7-10-16(31-3)17(11-14)32-4)20(29)26(21(30)25-22)12-18(27)24-15-8-5-13(6-9-15)19(28)23-2/h5-11H,12H2,1-4H3,(H,23,28)(H,24,27)(H,25,30)/t22-/m1/s1. The Morgan fingerprint density at radius 1 is 1.03 bits per heavy atom. The smallest absolute Gasteiger partial charge is 0.325 e. The highest BCUT2D eigenvalue weighted by Gasteiger charge is 2.49. The zero-order chi connectivity index (χ0) is 23.5. The summed E-state index contributed by atoms with van der Waals surface area (Å²) in [5.41, 5.74) is -0.0182. The van der Waals surface area contributed by atoms with Gasteiger partial charge in [0.25, 0.3) is 11.8 Å². The SMILES string of the molecule is CNC(=O)c1ccc(NC(=O)CN2C(=O)N[C@](C)(c3ccc(OC)c(OC)c3)C2=O)cc1. The average molecular weight is 440 g/mol. The van der Waals surface area contributed by atoms with Gasteiger partial charge in [-0.15, -0.1) is 0 Å². The Labute approximate surface area is 184 Å². The fourth-order valence-corrected chi connectivity index (χ4v) is 3.38. The third kappa shape index (κ3) is 4.20. The van der Waals surface area contributed by atoms with Crippen LogP contribution in [0.4, 0.5) is 10.5 Å². The van der Waals surface area contributed by atoms with E-state index >= 15 is 0 Å². The molecule has 0 aliphatic carbocycles. The highest BCUT2D eigenvalue weighted by molar-refractivity contribution is 6.10. The monoisotopic (exact) mass is 440 g/mol. The van der Waals surface area contributed by atoms with E-state index in [4.69, 9.17) is 9.47 Å². The number of carbonyl (C=O) groups excluding carboxylic acids is 4. The summed E-state index contributed by atoms with van der Waals surface area (Å²) < 4.78 is 10.5. The van der Waals surface area contributed by atoms with E-state index in [-0.39, 0.29) is 5.91 Å². The minimum absolute atomic E-state index is 0.253. The fourth-order valence-electron chi connectivity index (χ4n) is 3.38. The van der Waals surface area contributed by atoms with Crippen molar-refractivity contribution in [2.75, 3.05) is 33.1 Å². The number of hydrogen-bond donors (Lipinski definition) is 3. The van der Waals surface area contributed by atoms with Gasteiger partial charge in [0, 0.05) is 18.3 Å². The highest BCUT2D eigenvalue weighted by atomic mass is 16.5. The minimum Gasteiger partial charge on any atom is -0.493 e. The average Bonchev–Trinajstić information content (AvgIpc) is 3.02. The van der Waals surface area contributed by atoms with E-state index in [9.17, 15) is 19.2 Å². The molecule has 5 amide bonds. The maximum absolute atomic E-state index is 13.1. The number of benzene rings is 2. The van der Waals surface area contributed by atoms with Crippen molar-refractivity contribution in [3.63, 3.8) is 0 Å². The van der Waals surface area contributed by atoms with Gasteiger partial charge in [-0.25, -0.2) is 4.79 Å². The van der Waals surface area contributed by atoms with Gasteiger partial charge in [-0.1, -0.05) is 6.07 Å². The van der Waals surface area contributed by atoms with Crippen molar-refractivity contribution in [2.24, 2.45) is 0 Å². The molecule has 2 aromatic rings. The molecular weight excluding hydrogens is 416 g/mol. The zero-order valence-corrected chi connectivity index (χ0v) is 18.1. The maximum atomic E-state index is 13.1. The molecule has 0 bridgehead atoms. The Hall–Kier alpha value is -4.08. The van der Waals surface area contributed by atoms with Crippen molar-refractivity contribution in [1.29, 1.82) is 0 Å². The first-order valence-corrected chi connectivity index (χ1v) is 9.72. The largest absolute Gasteiger partial charge is 0.493 e. The van der Waals surface area contributed by atoms with Gasteiger partial charge in [0.2, 0.25) is 5.91 Å². The molecular formula is C22H24N4O6. The third-order valence-corrected chi connectivity index (χ3v) is 5.20. The van der Waals surface area contributed by atoms with Crippen molar-refractivity contribution >= 4 is 29.4 Å². The van der Waals surface area contributed by atoms with Gasteiger partial charge in [-0.05, 0) is 48.9 Å². The normalized spacial score (nSPS) is 17.6. The van der Waals surface area contributed by atoms with E-state index in [1.54, 1.807) is 49.4 Å². The summed E-state index contributed by atoms with van der Waals surface area (Å²) in [5.74, 6) is -0.491. The summed E-state index contributed by atoms with van der Waals surface area (Å²) in [6, 6.07) is 10.4. The van der Waals surface area contributed by atoms with Crippen LogP contribution in [0.3, 0.4) is 0 Å². The number of nitrogens with zero attached hydrogens (tertiary/aromatic N) is 1. The van der Waals surface area contributed by atoms with Crippen LogP contribution in [0.5, 0.6) is 11.5 Å². The Kier molecular flexibility index (Phi) is 6.33. The number of amides is 5. The number of carbonyl (C=O) groups is 4. The van der Waals surface area contributed by atoms with Gasteiger partial charge in [0.15, 0.2) is 11.5 Å². The number of rotatable bonds is 7. The Bertz CT molecular complexity index is 1070. The molecule has 1 heterocycles. The van der Waals surface area contributed by atoms with E-state index in [1.165, 1.54) is 21.3 Å². The van der Waals surface area contributed by atoms with E-state index in [0.29, 0.717) is 28.3 Å². The summed E-state index contributed by atoms with van der Waals surface area (Å²) in [6.07, 6.45) is 0. The molecule has 1 aliphatic rings. The molecule has 0 spiro atoms. The van der Waals surface area contributed by atoms with Crippen molar-refractivity contribution < 1.29 is 28.7 Å². The number of imide groups is 1. The van der Waals surface area contributed by atoms with E-state index in [2.05, 4.69) is 16.0 Å². The van der Waals surface area contributed by atoms with Crippen molar-refractivity contribution in [2.45, 2.75) is 12.5 Å². The van der Waals surface area contributed by atoms with Gasteiger partial charge in [0.1, 0.15) is 12.1 Å². The molecule has 1 aliphatic heterocycles. The molecule has 0 saturated carbocycles. The number of hydrogen-bond acceptors (Lipinski definition) is 6. The molecule has 3 rings (SSSR count). The Morgan fingerprint density at radius 2 is 1.69 bits per heavy atom. The van der Waals surface area contributed by atoms with Crippen LogP contribution in [0.2, 0.25) is 0 Å². The fraction of sp³-hybridized carbons (Fsp3) is 0.273. The van der Waals surface area contributed by atoms with Gasteiger partial charge < -0.3 is 25.4 Å². The molecule has 1 atom stereocenters. The molecule has 0 aromatic heterocycles. The molecule has 3 N–H and O–H groups in total. The second-order valence-electron chi connectivity index (χ2n) is 7.22. The predicted molar refractivity (Wildman–Crippen MR) is 116 cm³/mol. The van der Waals surface area contributed by atoms with Gasteiger partial charge in [-0.2, -0.15) is 0 Å². The topological polar surface area (TPSA) is 126 Å². The lowest BCUT2D eigenvalue weighted by atomic mass is 9.91. The maximum Gasteiger partial charge on any atom is 0.325 e. The van der Waals surface area contributed by atoms with Gasteiger partial charge >= 0.3 is 6.03 Å². The molecule has 10 heteroatoms. The van der Waals surface area contributed by atoms with Gasteiger partial charge in [-0.3, -0.25) is 19.3 Å². The quantitative estimate of drug-likeness (QED) is 0.560. The molecule has 0 radical (unpaired) electrons. The Morgan fingerprint density at radius 3 is 2.28 bits per heavy atom. The van der Waals surface area contributed by atoms with Crippen molar-refractivity contribution in [1.82, 2.24) is 15.5 Å². The number of methoxy groups -OCH3 is 2. The summed E-state index contributed by atoms with van der Waals surface area (Å²) in [5, 5.41) is 7.77. The molecule has 1 fully saturated rings. The van der Waals surface area contributed by atoms with Crippen LogP contribution in [-0.4, -0.2) is 56.5 Å². The van der Waals surface area contributed by atoms with Crippen molar-refractivity contribution in [3.8, 4) is 11.5 Å². The van der Waals surface area contributed by atoms with Crippen LogP contribution in [0.15, 0.2) is 42.5 Å². The second kappa shape index (κ2) is 8.96. The summed E-state index contributed by atoms with van der Waals surface area (Å²) in [4.78, 5) is 50.5.